The first-order chi connectivity index (χ1) is 7.16. The van der Waals surface area contributed by atoms with E-state index < -0.39 is 0 Å². The highest BCUT2D eigenvalue weighted by Crippen LogP contribution is 2.12. The molecule has 0 radical (unpaired) electrons. The normalized spacial score (nSPS) is 10.3. The van der Waals surface area contributed by atoms with Gasteiger partial charge in [-0.05, 0) is 34.7 Å². The van der Waals surface area contributed by atoms with Crippen molar-refractivity contribution in [2.45, 2.75) is 0 Å². The van der Waals surface area contributed by atoms with E-state index in [4.69, 9.17) is 0 Å². The van der Waals surface area contributed by atoms with Gasteiger partial charge < -0.3 is 0 Å². The molecular weight excluding hydrogens is 303 g/mol. The number of carbonyl (C=O) groups excluding carboxylic acids is 1. The summed E-state index contributed by atoms with van der Waals surface area (Å²) in [6, 6.07) is 7.53. The van der Waals surface area contributed by atoms with Gasteiger partial charge in [0.05, 0.1) is 11.8 Å². The first kappa shape index (κ1) is 10.4. The van der Waals surface area contributed by atoms with E-state index in [2.05, 4.69) is 27.7 Å². The molecule has 4 heteroatoms. The van der Waals surface area contributed by atoms with E-state index in [1.807, 2.05) is 24.3 Å². The predicted molar refractivity (Wildman–Crippen MR) is 65.8 cm³/mol. The molecule has 0 saturated carbocycles. The number of rotatable bonds is 2. The average Bonchev–Trinajstić information content (AvgIpc) is 2.64. The van der Waals surface area contributed by atoms with Gasteiger partial charge in [-0.15, -0.1) is 0 Å². The van der Waals surface area contributed by atoms with Gasteiger partial charge in [-0.1, -0.05) is 12.1 Å². The van der Waals surface area contributed by atoms with E-state index in [0.29, 0.717) is 11.1 Å². The third kappa shape index (κ3) is 2.26. The lowest BCUT2D eigenvalue weighted by molar-refractivity contribution is 0.103. The Kier molecular flexibility index (Phi) is 2.86. The Morgan fingerprint density at radius 1 is 1.40 bits per heavy atom. The summed E-state index contributed by atoms with van der Waals surface area (Å²) in [6.07, 6.45) is 3.31. The Bertz CT molecular complexity index is 505. The Hall–Kier alpha value is -1.17. The highest BCUT2D eigenvalue weighted by atomic mass is 127. The van der Waals surface area contributed by atoms with Gasteiger partial charge in [0, 0.05) is 22.4 Å². The van der Waals surface area contributed by atoms with E-state index in [1.54, 1.807) is 24.1 Å². The zero-order valence-electron chi connectivity index (χ0n) is 8.14. The Balaban J connectivity index is 2.36. The highest BCUT2D eigenvalue weighted by Gasteiger charge is 2.10. The van der Waals surface area contributed by atoms with Crippen LogP contribution in [0.2, 0.25) is 0 Å². The maximum absolute atomic E-state index is 12.0. The molecule has 0 aliphatic heterocycles. The molecule has 15 heavy (non-hydrogen) atoms. The first-order valence-electron chi connectivity index (χ1n) is 4.46. The van der Waals surface area contributed by atoms with Gasteiger partial charge in [-0.3, -0.25) is 9.48 Å². The third-order valence-corrected chi connectivity index (χ3v) is 2.72. The third-order valence-electron chi connectivity index (χ3n) is 2.05. The van der Waals surface area contributed by atoms with Gasteiger partial charge in [-0.25, -0.2) is 0 Å². The van der Waals surface area contributed by atoms with E-state index in [9.17, 15) is 4.79 Å². The lowest BCUT2D eigenvalue weighted by Crippen LogP contribution is -1.99. The second-order valence-corrected chi connectivity index (χ2v) is 4.49. The molecule has 1 aromatic carbocycles. The molecule has 0 unspecified atom stereocenters. The van der Waals surface area contributed by atoms with Gasteiger partial charge in [0.2, 0.25) is 0 Å². The maximum Gasteiger partial charge on any atom is 0.196 e. The summed E-state index contributed by atoms with van der Waals surface area (Å²) in [7, 11) is 1.80. The van der Waals surface area contributed by atoms with E-state index >= 15 is 0 Å². The molecule has 0 N–H and O–H groups in total. The second kappa shape index (κ2) is 4.14. The fourth-order valence-corrected chi connectivity index (χ4v) is 1.88. The van der Waals surface area contributed by atoms with Crippen molar-refractivity contribution in [3.05, 3.63) is 51.4 Å². The minimum Gasteiger partial charge on any atom is -0.288 e. The molecule has 1 heterocycles. The summed E-state index contributed by atoms with van der Waals surface area (Å²) in [6.45, 7) is 0. The Labute approximate surface area is 101 Å². The van der Waals surface area contributed by atoms with Gasteiger partial charge in [-0.2, -0.15) is 5.10 Å². The number of halogens is 1. The van der Waals surface area contributed by atoms with Crippen molar-refractivity contribution in [3.8, 4) is 0 Å². The second-order valence-electron chi connectivity index (χ2n) is 3.24. The lowest BCUT2D eigenvalue weighted by atomic mass is 10.1. The Morgan fingerprint density at radius 3 is 2.80 bits per heavy atom. The monoisotopic (exact) mass is 312 g/mol. The zero-order valence-corrected chi connectivity index (χ0v) is 10.3. The van der Waals surface area contributed by atoms with Crippen LogP contribution in [0.1, 0.15) is 15.9 Å². The molecule has 0 spiro atoms. The molecule has 1 aromatic heterocycles. The SMILES string of the molecule is Cn1cc(C(=O)c2cccc(I)c2)cn1. The fraction of sp³-hybridized carbons (Fsp3) is 0.0909. The minimum absolute atomic E-state index is 0.0154. The number of hydrogen-bond donors (Lipinski definition) is 0. The molecule has 0 aliphatic rings. The van der Waals surface area contributed by atoms with E-state index in [0.717, 1.165) is 3.57 Å². The molecule has 2 rings (SSSR count). The summed E-state index contributed by atoms with van der Waals surface area (Å²) in [5, 5.41) is 3.98. The van der Waals surface area contributed by atoms with Gasteiger partial charge in [0.25, 0.3) is 0 Å². The largest absolute Gasteiger partial charge is 0.288 e. The highest BCUT2D eigenvalue weighted by molar-refractivity contribution is 14.1. The first-order valence-corrected chi connectivity index (χ1v) is 5.53. The maximum atomic E-state index is 12.0. The molecule has 0 amide bonds. The summed E-state index contributed by atoms with van der Waals surface area (Å²) in [5.41, 5.74) is 1.33. The van der Waals surface area contributed by atoms with Crippen molar-refractivity contribution in [3.63, 3.8) is 0 Å². The van der Waals surface area contributed by atoms with E-state index in [1.165, 1.54) is 0 Å². The molecule has 0 aliphatic carbocycles. The predicted octanol–water partition coefficient (Wildman–Crippen LogP) is 2.26. The smallest absolute Gasteiger partial charge is 0.196 e. The molecular formula is C11H9IN2O. The number of carbonyl (C=O) groups is 1. The topological polar surface area (TPSA) is 34.9 Å². The summed E-state index contributed by atoms with van der Waals surface area (Å²) < 4.78 is 2.68. The summed E-state index contributed by atoms with van der Waals surface area (Å²) >= 11 is 2.19. The summed E-state index contributed by atoms with van der Waals surface area (Å²) in [5.74, 6) is 0.0154. The number of benzene rings is 1. The van der Waals surface area contributed by atoms with Crippen LogP contribution >= 0.6 is 22.6 Å². The molecule has 0 fully saturated rings. The van der Waals surface area contributed by atoms with Crippen LogP contribution in [0.5, 0.6) is 0 Å². The molecule has 76 valence electrons. The minimum atomic E-state index is 0.0154. The van der Waals surface area contributed by atoms with Crippen molar-refractivity contribution in [2.24, 2.45) is 7.05 Å². The molecule has 2 aromatic rings. The lowest BCUT2D eigenvalue weighted by Gasteiger charge is -1.98. The van der Waals surface area contributed by atoms with Crippen LogP contribution in [0.25, 0.3) is 0 Å². The van der Waals surface area contributed by atoms with Crippen LogP contribution in [-0.2, 0) is 7.05 Å². The van der Waals surface area contributed by atoms with Crippen LogP contribution in [-0.4, -0.2) is 15.6 Å². The number of hydrogen-bond acceptors (Lipinski definition) is 2. The van der Waals surface area contributed by atoms with Crippen LogP contribution < -0.4 is 0 Å². The van der Waals surface area contributed by atoms with Crippen LogP contribution in [0.3, 0.4) is 0 Å². The van der Waals surface area contributed by atoms with Crippen molar-refractivity contribution in [1.29, 1.82) is 0 Å². The number of ketones is 1. The Morgan fingerprint density at radius 2 is 2.20 bits per heavy atom. The van der Waals surface area contributed by atoms with Crippen LogP contribution in [0, 0.1) is 3.57 Å². The molecule has 3 nitrogen and oxygen atoms in total. The number of aryl methyl sites for hydroxylation is 1. The van der Waals surface area contributed by atoms with Crippen LogP contribution in [0.4, 0.5) is 0 Å². The molecule has 0 saturated heterocycles. The number of nitrogens with zero attached hydrogens (tertiary/aromatic N) is 2. The average molecular weight is 312 g/mol. The molecule has 0 atom stereocenters. The fourth-order valence-electron chi connectivity index (χ4n) is 1.33. The quantitative estimate of drug-likeness (QED) is 0.630. The van der Waals surface area contributed by atoms with Crippen molar-refractivity contribution < 1.29 is 4.79 Å². The number of aromatic nitrogens is 2. The van der Waals surface area contributed by atoms with Crippen molar-refractivity contribution >= 4 is 28.4 Å². The van der Waals surface area contributed by atoms with Gasteiger partial charge >= 0.3 is 0 Å². The van der Waals surface area contributed by atoms with E-state index in [-0.39, 0.29) is 5.78 Å². The van der Waals surface area contributed by atoms with Gasteiger partial charge in [0.1, 0.15) is 0 Å². The summed E-state index contributed by atoms with van der Waals surface area (Å²) in [4.78, 5) is 12.0. The van der Waals surface area contributed by atoms with Crippen molar-refractivity contribution in [2.75, 3.05) is 0 Å². The van der Waals surface area contributed by atoms with Crippen molar-refractivity contribution in [1.82, 2.24) is 9.78 Å². The standard InChI is InChI=1S/C11H9IN2O/c1-14-7-9(6-13-14)11(15)8-3-2-4-10(12)5-8/h2-7H,1H3. The molecule has 0 bridgehead atoms. The van der Waals surface area contributed by atoms with Crippen LogP contribution in [0.15, 0.2) is 36.7 Å². The van der Waals surface area contributed by atoms with Gasteiger partial charge in [0.15, 0.2) is 5.78 Å². The zero-order chi connectivity index (χ0) is 10.8.